The Labute approximate surface area is 91.0 Å². The summed E-state index contributed by atoms with van der Waals surface area (Å²) in [6.07, 6.45) is 4.71. The van der Waals surface area contributed by atoms with E-state index in [1.807, 2.05) is 6.92 Å². The number of esters is 1. The van der Waals surface area contributed by atoms with E-state index < -0.39 is 5.38 Å². The fourth-order valence-electron chi connectivity index (χ4n) is 2.18. The smallest absolute Gasteiger partial charge is 0.324 e. The van der Waals surface area contributed by atoms with Crippen LogP contribution in [-0.4, -0.2) is 18.0 Å². The van der Waals surface area contributed by atoms with Gasteiger partial charge in [-0.15, -0.1) is 11.6 Å². The number of halogens is 1. The van der Waals surface area contributed by atoms with Gasteiger partial charge in [0.2, 0.25) is 0 Å². The predicted octanol–water partition coefficient (Wildman–Crippen LogP) is 2.98. The van der Waals surface area contributed by atoms with Crippen LogP contribution in [0.1, 0.15) is 39.5 Å². The van der Waals surface area contributed by atoms with Crippen molar-refractivity contribution >= 4 is 17.6 Å². The molecule has 82 valence electrons. The molecule has 0 aliphatic heterocycles. The zero-order valence-corrected chi connectivity index (χ0v) is 9.72. The first-order valence-electron chi connectivity index (χ1n) is 5.47. The first-order chi connectivity index (χ1) is 6.66. The van der Waals surface area contributed by atoms with Gasteiger partial charge in [0.1, 0.15) is 5.38 Å². The Morgan fingerprint density at radius 3 is 2.71 bits per heavy atom. The molecule has 1 aliphatic rings. The molecule has 0 saturated heterocycles. The molecule has 0 aromatic rings. The van der Waals surface area contributed by atoms with Crippen LogP contribution in [0.25, 0.3) is 0 Å². The minimum absolute atomic E-state index is 0.243. The molecule has 0 spiro atoms. The van der Waals surface area contributed by atoms with Gasteiger partial charge in [-0.25, -0.2) is 0 Å². The van der Waals surface area contributed by atoms with Crippen LogP contribution >= 0.6 is 11.6 Å². The molecule has 0 aromatic carbocycles. The van der Waals surface area contributed by atoms with Crippen LogP contribution in [0.15, 0.2) is 0 Å². The maximum Gasteiger partial charge on any atom is 0.324 e. The predicted molar refractivity (Wildman–Crippen MR) is 57.4 cm³/mol. The highest BCUT2D eigenvalue weighted by molar-refractivity contribution is 6.30. The van der Waals surface area contributed by atoms with Gasteiger partial charge in [-0.3, -0.25) is 4.79 Å². The lowest BCUT2D eigenvalue weighted by Gasteiger charge is -2.30. The SMILES string of the molecule is CCOC(=O)C(Cl)C1CCCCC1C. The van der Waals surface area contributed by atoms with Crippen molar-refractivity contribution in [3.05, 3.63) is 0 Å². The molecule has 1 fully saturated rings. The van der Waals surface area contributed by atoms with Gasteiger partial charge in [-0.2, -0.15) is 0 Å². The van der Waals surface area contributed by atoms with E-state index in [-0.39, 0.29) is 5.97 Å². The summed E-state index contributed by atoms with van der Waals surface area (Å²) in [5.41, 5.74) is 0. The molecule has 3 heteroatoms. The van der Waals surface area contributed by atoms with Crippen LogP contribution in [0.4, 0.5) is 0 Å². The summed E-state index contributed by atoms with van der Waals surface area (Å²) in [7, 11) is 0. The first-order valence-corrected chi connectivity index (χ1v) is 5.91. The van der Waals surface area contributed by atoms with Crippen LogP contribution in [0.3, 0.4) is 0 Å². The molecular formula is C11H19ClO2. The van der Waals surface area contributed by atoms with Crippen LogP contribution in [0.2, 0.25) is 0 Å². The average Bonchev–Trinajstić information content (AvgIpc) is 2.18. The third kappa shape index (κ3) is 2.88. The molecule has 3 unspecified atom stereocenters. The van der Waals surface area contributed by atoms with Crippen LogP contribution in [0.5, 0.6) is 0 Å². The summed E-state index contributed by atoms with van der Waals surface area (Å²) in [6, 6.07) is 0. The van der Waals surface area contributed by atoms with Gasteiger partial charge in [-0.05, 0) is 25.2 Å². The van der Waals surface area contributed by atoms with Crippen molar-refractivity contribution in [2.24, 2.45) is 11.8 Å². The fourth-order valence-corrected chi connectivity index (χ4v) is 2.61. The number of rotatable bonds is 3. The van der Waals surface area contributed by atoms with Gasteiger partial charge in [0, 0.05) is 0 Å². The molecule has 0 N–H and O–H groups in total. The number of hydrogen-bond acceptors (Lipinski definition) is 2. The number of ether oxygens (including phenoxy) is 1. The maximum absolute atomic E-state index is 11.4. The lowest BCUT2D eigenvalue weighted by atomic mass is 9.78. The van der Waals surface area contributed by atoms with Gasteiger partial charge in [0.05, 0.1) is 6.61 Å². The molecule has 0 radical (unpaired) electrons. The fraction of sp³-hybridized carbons (Fsp3) is 0.909. The van der Waals surface area contributed by atoms with Gasteiger partial charge in [0.25, 0.3) is 0 Å². The molecule has 1 aliphatic carbocycles. The second-order valence-electron chi connectivity index (χ2n) is 4.08. The Morgan fingerprint density at radius 2 is 2.14 bits per heavy atom. The van der Waals surface area contributed by atoms with Crippen molar-refractivity contribution in [1.29, 1.82) is 0 Å². The zero-order chi connectivity index (χ0) is 10.6. The number of alkyl halides is 1. The molecule has 0 bridgehead atoms. The molecular weight excluding hydrogens is 200 g/mol. The van der Waals surface area contributed by atoms with E-state index in [9.17, 15) is 4.79 Å². The summed E-state index contributed by atoms with van der Waals surface area (Å²) in [6.45, 7) is 4.41. The van der Waals surface area contributed by atoms with Crippen LogP contribution < -0.4 is 0 Å². The molecule has 0 heterocycles. The van der Waals surface area contributed by atoms with Crippen molar-refractivity contribution in [3.63, 3.8) is 0 Å². The van der Waals surface area contributed by atoms with Crippen molar-refractivity contribution in [3.8, 4) is 0 Å². The summed E-state index contributed by atoms with van der Waals surface area (Å²) in [4.78, 5) is 11.4. The minimum atomic E-state index is -0.440. The molecule has 1 rings (SSSR count). The monoisotopic (exact) mass is 218 g/mol. The molecule has 2 nitrogen and oxygen atoms in total. The first kappa shape index (κ1) is 11.8. The van der Waals surface area contributed by atoms with Crippen molar-refractivity contribution < 1.29 is 9.53 Å². The average molecular weight is 219 g/mol. The van der Waals surface area contributed by atoms with Crippen molar-refractivity contribution in [2.75, 3.05) is 6.61 Å². The summed E-state index contributed by atoms with van der Waals surface area (Å²) < 4.78 is 4.93. The highest BCUT2D eigenvalue weighted by Gasteiger charge is 2.33. The summed E-state index contributed by atoms with van der Waals surface area (Å²) in [5, 5.41) is -0.440. The molecule has 14 heavy (non-hydrogen) atoms. The Bertz CT molecular complexity index is 194. The van der Waals surface area contributed by atoms with Gasteiger partial charge < -0.3 is 4.74 Å². The highest BCUT2D eigenvalue weighted by Crippen LogP contribution is 2.34. The highest BCUT2D eigenvalue weighted by atomic mass is 35.5. The number of carbonyl (C=O) groups excluding carboxylic acids is 1. The second kappa shape index (κ2) is 5.59. The molecule has 1 saturated carbocycles. The number of hydrogen-bond donors (Lipinski definition) is 0. The molecule has 0 aromatic heterocycles. The standard InChI is InChI=1S/C11H19ClO2/c1-3-14-11(13)10(12)9-7-5-4-6-8(9)2/h8-10H,3-7H2,1-2H3. The van der Waals surface area contributed by atoms with E-state index in [2.05, 4.69) is 6.92 Å². The van der Waals surface area contributed by atoms with Gasteiger partial charge in [-0.1, -0.05) is 26.2 Å². The zero-order valence-electron chi connectivity index (χ0n) is 8.96. The Hall–Kier alpha value is -0.240. The molecule has 3 atom stereocenters. The van der Waals surface area contributed by atoms with E-state index in [0.717, 1.165) is 6.42 Å². The largest absolute Gasteiger partial charge is 0.465 e. The third-order valence-electron chi connectivity index (χ3n) is 3.07. The molecule has 0 amide bonds. The van der Waals surface area contributed by atoms with Crippen LogP contribution in [-0.2, 0) is 9.53 Å². The van der Waals surface area contributed by atoms with Gasteiger partial charge in [0.15, 0.2) is 0 Å². The summed E-state index contributed by atoms with van der Waals surface area (Å²) >= 11 is 6.11. The van der Waals surface area contributed by atoms with E-state index in [0.29, 0.717) is 18.4 Å². The topological polar surface area (TPSA) is 26.3 Å². The second-order valence-corrected chi connectivity index (χ2v) is 4.55. The normalized spacial score (nSPS) is 29.6. The van der Waals surface area contributed by atoms with E-state index >= 15 is 0 Å². The van der Waals surface area contributed by atoms with E-state index in [4.69, 9.17) is 16.3 Å². The third-order valence-corrected chi connectivity index (χ3v) is 3.57. The number of carbonyl (C=O) groups is 1. The van der Waals surface area contributed by atoms with Crippen molar-refractivity contribution in [2.45, 2.75) is 44.9 Å². The van der Waals surface area contributed by atoms with E-state index in [1.165, 1.54) is 19.3 Å². The quantitative estimate of drug-likeness (QED) is 0.538. The Morgan fingerprint density at radius 1 is 1.50 bits per heavy atom. The minimum Gasteiger partial charge on any atom is -0.465 e. The maximum atomic E-state index is 11.4. The van der Waals surface area contributed by atoms with Crippen LogP contribution in [0, 0.1) is 11.8 Å². The van der Waals surface area contributed by atoms with Crippen molar-refractivity contribution in [1.82, 2.24) is 0 Å². The lowest BCUT2D eigenvalue weighted by Crippen LogP contribution is -2.32. The Kier molecular flexibility index (Phi) is 4.73. The van der Waals surface area contributed by atoms with Gasteiger partial charge >= 0.3 is 5.97 Å². The Balaban J connectivity index is 2.48. The van der Waals surface area contributed by atoms with E-state index in [1.54, 1.807) is 0 Å². The summed E-state index contributed by atoms with van der Waals surface area (Å²) in [5.74, 6) is 0.619. The lowest BCUT2D eigenvalue weighted by molar-refractivity contribution is -0.144.